The highest BCUT2D eigenvalue weighted by Gasteiger charge is 2.15. The number of aromatic carboxylic acids is 1. The molecule has 0 aliphatic carbocycles. The van der Waals surface area contributed by atoms with Gasteiger partial charge in [-0.05, 0) is 23.8 Å². The first-order valence-electron chi connectivity index (χ1n) is 5.38. The molecule has 2 aromatic rings. The fraction of sp³-hybridized carbons (Fsp3) is 0.0769. The van der Waals surface area contributed by atoms with Gasteiger partial charge >= 0.3 is 5.97 Å². The number of carbonyl (C=O) groups is 1. The lowest BCUT2D eigenvalue weighted by molar-refractivity contribution is 0.0693. The maximum absolute atomic E-state index is 12.3. The van der Waals surface area contributed by atoms with Crippen LogP contribution in [-0.2, 0) is 16.6 Å². The van der Waals surface area contributed by atoms with E-state index in [4.69, 9.17) is 16.7 Å². The second-order valence-electron chi connectivity index (χ2n) is 3.76. The van der Waals surface area contributed by atoms with Crippen LogP contribution in [0.2, 0.25) is 5.02 Å². The Morgan fingerprint density at radius 3 is 2.74 bits per heavy atom. The number of hydrogen-bond donors (Lipinski definition) is 1. The van der Waals surface area contributed by atoms with Gasteiger partial charge in [-0.3, -0.25) is 9.19 Å². The zero-order valence-electron chi connectivity index (χ0n) is 9.75. The van der Waals surface area contributed by atoms with E-state index in [1.165, 1.54) is 12.3 Å². The van der Waals surface area contributed by atoms with Crippen molar-refractivity contribution in [1.29, 1.82) is 0 Å². The van der Waals surface area contributed by atoms with Crippen LogP contribution in [0.4, 0.5) is 0 Å². The predicted molar refractivity (Wildman–Crippen MR) is 72.8 cm³/mol. The summed E-state index contributed by atoms with van der Waals surface area (Å²) in [6, 6.07) is 7.92. The van der Waals surface area contributed by atoms with Crippen LogP contribution in [-0.4, -0.2) is 20.3 Å². The van der Waals surface area contributed by atoms with Crippen LogP contribution >= 0.6 is 11.6 Å². The van der Waals surface area contributed by atoms with Crippen LogP contribution in [0.1, 0.15) is 15.9 Å². The summed E-state index contributed by atoms with van der Waals surface area (Å²) in [5.74, 6) is -0.934. The van der Waals surface area contributed by atoms with Crippen LogP contribution in [0.3, 0.4) is 0 Å². The number of aromatic nitrogens is 1. The predicted octanol–water partition coefficient (Wildman–Crippen LogP) is 2.74. The molecule has 1 heterocycles. The first kappa shape index (κ1) is 13.7. The molecular weight excluding hydrogens is 286 g/mol. The highest BCUT2D eigenvalue weighted by atomic mass is 35.5. The summed E-state index contributed by atoms with van der Waals surface area (Å²) >= 11 is 5.94. The van der Waals surface area contributed by atoms with Gasteiger partial charge in [0.1, 0.15) is 0 Å². The summed E-state index contributed by atoms with van der Waals surface area (Å²) < 4.78 is 12.3. The smallest absolute Gasteiger partial charge is 0.336 e. The normalized spacial score (nSPS) is 12.1. The molecule has 1 unspecified atom stereocenters. The van der Waals surface area contributed by atoms with Crippen molar-refractivity contribution in [2.45, 2.75) is 10.6 Å². The van der Waals surface area contributed by atoms with Crippen LogP contribution in [0, 0.1) is 0 Å². The minimum atomic E-state index is -1.47. The molecular formula is C13H10ClNO3S. The monoisotopic (exact) mass is 295 g/mol. The molecule has 98 valence electrons. The zero-order valence-corrected chi connectivity index (χ0v) is 11.3. The van der Waals surface area contributed by atoms with E-state index in [2.05, 4.69) is 4.98 Å². The van der Waals surface area contributed by atoms with E-state index in [1.54, 1.807) is 30.5 Å². The van der Waals surface area contributed by atoms with E-state index in [0.717, 1.165) is 0 Å². The fourth-order valence-corrected chi connectivity index (χ4v) is 3.17. The number of nitrogens with zero attached hydrogens (tertiary/aromatic N) is 1. The molecule has 0 aliphatic rings. The number of benzene rings is 1. The molecule has 19 heavy (non-hydrogen) atoms. The van der Waals surface area contributed by atoms with Crippen molar-refractivity contribution >= 4 is 28.4 Å². The maximum Gasteiger partial charge on any atom is 0.336 e. The van der Waals surface area contributed by atoms with Crippen molar-refractivity contribution in [3.05, 3.63) is 58.9 Å². The molecule has 1 atom stereocenters. The molecule has 2 rings (SSSR count). The Kier molecular flexibility index (Phi) is 4.29. The van der Waals surface area contributed by atoms with E-state index < -0.39 is 16.8 Å². The minimum Gasteiger partial charge on any atom is -0.478 e. The summed E-state index contributed by atoms with van der Waals surface area (Å²) in [5.41, 5.74) is 0.723. The quantitative estimate of drug-likeness (QED) is 0.942. The van der Waals surface area contributed by atoms with E-state index in [0.29, 0.717) is 15.5 Å². The van der Waals surface area contributed by atoms with Gasteiger partial charge in [0.2, 0.25) is 0 Å². The van der Waals surface area contributed by atoms with Gasteiger partial charge in [0, 0.05) is 12.4 Å². The average Bonchev–Trinajstić information content (AvgIpc) is 2.41. The standard InChI is InChI=1S/C13H10ClNO3S/c14-11-7-15-6-5-9(11)8-19(18)12-4-2-1-3-10(12)13(16)17/h1-7H,8H2,(H,16,17). The molecule has 0 bridgehead atoms. The number of hydrogen-bond acceptors (Lipinski definition) is 3. The highest BCUT2D eigenvalue weighted by molar-refractivity contribution is 7.84. The van der Waals surface area contributed by atoms with Crippen molar-refractivity contribution in [3.63, 3.8) is 0 Å². The van der Waals surface area contributed by atoms with E-state index >= 15 is 0 Å². The topological polar surface area (TPSA) is 67.3 Å². The SMILES string of the molecule is O=C(O)c1ccccc1S(=O)Cc1ccncc1Cl. The number of carboxylic acids is 1. The Morgan fingerprint density at radius 1 is 1.32 bits per heavy atom. The summed E-state index contributed by atoms with van der Waals surface area (Å²) in [5, 5.41) is 9.48. The first-order valence-corrected chi connectivity index (χ1v) is 7.08. The zero-order chi connectivity index (χ0) is 13.8. The fourth-order valence-electron chi connectivity index (χ4n) is 1.58. The van der Waals surface area contributed by atoms with Gasteiger partial charge in [-0.25, -0.2) is 4.79 Å². The van der Waals surface area contributed by atoms with Crippen molar-refractivity contribution in [2.75, 3.05) is 0 Å². The lowest BCUT2D eigenvalue weighted by atomic mass is 10.2. The molecule has 0 aliphatic heterocycles. The summed E-state index contributed by atoms with van der Waals surface area (Å²) in [6.07, 6.45) is 3.03. The van der Waals surface area contributed by atoms with Crippen LogP contribution in [0.15, 0.2) is 47.6 Å². The lowest BCUT2D eigenvalue weighted by Gasteiger charge is -2.07. The third kappa shape index (κ3) is 3.19. The molecule has 0 spiro atoms. The summed E-state index contributed by atoms with van der Waals surface area (Å²) in [4.78, 5) is 15.2. The van der Waals surface area contributed by atoms with Gasteiger partial charge in [0.05, 0.1) is 32.0 Å². The van der Waals surface area contributed by atoms with Gasteiger partial charge in [0.25, 0.3) is 0 Å². The maximum atomic E-state index is 12.3. The van der Waals surface area contributed by atoms with Crippen LogP contribution in [0.5, 0.6) is 0 Å². The van der Waals surface area contributed by atoms with Crippen LogP contribution < -0.4 is 0 Å². The molecule has 4 nitrogen and oxygen atoms in total. The molecule has 1 aromatic carbocycles. The molecule has 0 fully saturated rings. The number of halogens is 1. The Balaban J connectivity index is 2.31. The Bertz CT molecular complexity index is 645. The Morgan fingerprint density at radius 2 is 2.05 bits per heavy atom. The van der Waals surface area contributed by atoms with Gasteiger partial charge in [-0.1, -0.05) is 23.7 Å². The van der Waals surface area contributed by atoms with E-state index in [-0.39, 0.29) is 11.3 Å². The molecule has 0 saturated heterocycles. The average molecular weight is 296 g/mol. The van der Waals surface area contributed by atoms with Gasteiger partial charge in [-0.15, -0.1) is 0 Å². The van der Waals surface area contributed by atoms with E-state index in [1.807, 2.05) is 0 Å². The largest absolute Gasteiger partial charge is 0.478 e. The second-order valence-corrected chi connectivity index (χ2v) is 5.59. The van der Waals surface area contributed by atoms with Crippen molar-refractivity contribution < 1.29 is 14.1 Å². The van der Waals surface area contributed by atoms with Crippen LogP contribution in [0.25, 0.3) is 0 Å². The van der Waals surface area contributed by atoms with Gasteiger partial charge in [-0.2, -0.15) is 0 Å². The van der Waals surface area contributed by atoms with Crippen molar-refractivity contribution in [3.8, 4) is 0 Å². The first-order chi connectivity index (χ1) is 9.09. The number of carboxylic acid groups (broad SMARTS) is 1. The van der Waals surface area contributed by atoms with Crippen molar-refractivity contribution in [1.82, 2.24) is 4.98 Å². The molecule has 6 heteroatoms. The van der Waals surface area contributed by atoms with Gasteiger partial charge in [0.15, 0.2) is 0 Å². The molecule has 0 amide bonds. The summed E-state index contributed by atoms with van der Waals surface area (Å²) in [6.45, 7) is 0. The Labute approximate surface area is 117 Å². The lowest BCUT2D eigenvalue weighted by Crippen LogP contribution is -2.06. The second kappa shape index (κ2) is 5.95. The third-order valence-electron chi connectivity index (χ3n) is 2.51. The molecule has 0 saturated carbocycles. The molecule has 1 aromatic heterocycles. The Hall–Kier alpha value is -1.72. The molecule has 0 radical (unpaired) electrons. The molecule has 1 N–H and O–H groups in total. The summed E-state index contributed by atoms with van der Waals surface area (Å²) in [7, 11) is -1.47. The third-order valence-corrected chi connectivity index (χ3v) is 4.27. The highest BCUT2D eigenvalue weighted by Crippen LogP contribution is 2.21. The van der Waals surface area contributed by atoms with Crippen molar-refractivity contribution in [2.24, 2.45) is 0 Å². The number of rotatable bonds is 4. The minimum absolute atomic E-state index is 0.0472. The van der Waals surface area contributed by atoms with E-state index in [9.17, 15) is 9.00 Å². The van der Waals surface area contributed by atoms with Gasteiger partial charge < -0.3 is 5.11 Å². The number of pyridine rings is 1.